The highest BCUT2D eigenvalue weighted by molar-refractivity contribution is 7.90. The first-order valence-corrected chi connectivity index (χ1v) is 10.2. The van der Waals surface area contributed by atoms with Gasteiger partial charge in [-0.15, -0.1) is 0 Å². The van der Waals surface area contributed by atoms with E-state index in [2.05, 4.69) is 4.98 Å². The van der Waals surface area contributed by atoms with Gasteiger partial charge in [-0.3, -0.25) is 4.57 Å². The number of aromatic nitrogens is 2. The van der Waals surface area contributed by atoms with Crippen molar-refractivity contribution in [3.8, 4) is 0 Å². The second-order valence-corrected chi connectivity index (χ2v) is 9.17. The van der Waals surface area contributed by atoms with E-state index in [1.807, 2.05) is 48.5 Å². The van der Waals surface area contributed by atoms with E-state index in [0.29, 0.717) is 13.1 Å². The number of para-hydroxylation sites is 2. The molecule has 0 saturated heterocycles. The third kappa shape index (κ3) is 3.20. The van der Waals surface area contributed by atoms with Crippen LogP contribution in [0.3, 0.4) is 0 Å². The van der Waals surface area contributed by atoms with E-state index in [1.165, 1.54) is 4.31 Å². The molecule has 0 bridgehead atoms. The van der Waals surface area contributed by atoms with E-state index in [0.717, 1.165) is 35.0 Å². The Balaban J connectivity index is 1.51. The Morgan fingerprint density at radius 2 is 1.73 bits per heavy atom. The number of benzene rings is 2. The van der Waals surface area contributed by atoms with E-state index >= 15 is 0 Å². The summed E-state index contributed by atoms with van der Waals surface area (Å²) in [5.41, 5.74) is 3.49. The zero-order valence-corrected chi connectivity index (χ0v) is 15.4. The molecule has 1 heterocycles. The summed E-state index contributed by atoms with van der Waals surface area (Å²) in [6.07, 6.45) is 1.54. The maximum Gasteiger partial charge on any atom is 0.326 e. The van der Waals surface area contributed by atoms with Gasteiger partial charge < -0.3 is 4.98 Å². The summed E-state index contributed by atoms with van der Waals surface area (Å²) >= 11 is 0. The minimum atomic E-state index is -3.16. The molecule has 3 aromatic rings. The molecule has 0 atom stereocenters. The Bertz CT molecular complexity index is 1090. The van der Waals surface area contributed by atoms with Gasteiger partial charge in [0.15, 0.2) is 0 Å². The lowest BCUT2D eigenvalue weighted by Gasteiger charge is -2.17. The van der Waals surface area contributed by atoms with Gasteiger partial charge in [-0.1, -0.05) is 36.4 Å². The zero-order chi connectivity index (χ0) is 18.3. The highest BCUT2D eigenvalue weighted by Gasteiger charge is 2.38. The van der Waals surface area contributed by atoms with Gasteiger partial charge >= 0.3 is 5.69 Å². The van der Waals surface area contributed by atoms with Crippen molar-refractivity contribution in [2.75, 3.05) is 7.05 Å². The van der Waals surface area contributed by atoms with Crippen molar-refractivity contribution in [3.05, 3.63) is 70.1 Å². The molecule has 2 aromatic carbocycles. The van der Waals surface area contributed by atoms with Gasteiger partial charge in [0.2, 0.25) is 10.0 Å². The standard InChI is InChI=1S/C19H21N3O3S/c1-21(26(24,25)16-10-11-16)12-14-6-8-15(9-7-14)13-22-18-5-3-2-4-17(18)20-19(22)23/h2-9,16H,10-13H2,1H3,(H,20,23). The highest BCUT2D eigenvalue weighted by atomic mass is 32.2. The van der Waals surface area contributed by atoms with Crippen LogP contribution in [-0.2, 0) is 23.1 Å². The zero-order valence-electron chi connectivity index (χ0n) is 14.6. The number of rotatable bonds is 6. The minimum absolute atomic E-state index is 0.134. The van der Waals surface area contributed by atoms with E-state index < -0.39 is 10.0 Å². The van der Waals surface area contributed by atoms with Crippen molar-refractivity contribution in [1.82, 2.24) is 13.9 Å². The van der Waals surface area contributed by atoms with Crippen LogP contribution in [0.25, 0.3) is 11.0 Å². The van der Waals surface area contributed by atoms with E-state index in [4.69, 9.17) is 0 Å². The van der Waals surface area contributed by atoms with Gasteiger partial charge in [-0.05, 0) is 36.1 Å². The second-order valence-electron chi connectivity index (χ2n) is 6.85. The van der Waals surface area contributed by atoms with Crippen molar-refractivity contribution in [2.24, 2.45) is 0 Å². The Morgan fingerprint density at radius 3 is 2.42 bits per heavy atom. The highest BCUT2D eigenvalue weighted by Crippen LogP contribution is 2.31. The molecule has 6 nitrogen and oxygen atoms in total. The third-order valence-electron chi connectivity index (χ3n) is 4.83. The molecule has 4 rings (SSSR count). The average Bonchev–Trinajstić information content (AvgIpc) is 3.43. The summed E-state index contributed by atoms with van der Waals surface area (Å²) in [6.45, 7) is 0.839. The Morgan fingerprint density at radius 1 is 1.08 bits per heavy atom. The summed E-state index contributed by atoms with van der Waals surface area (Å²) in [5.74, 6) is 0. The summed E-state index contributed by atoms with van der Waals surface area (Å²) < 4.78 is 27.6. The van der Waals surface area contributed by atoms with Crippen molar-refractivity contribution in [3.63, 3.8) is 0 Å². The third-order valence-corrected chi connectivity index (χ3v) is 7.14. The van der Waals surface area contributed by atoms with Crippen molar-refractivity contribution in [2.45, 2.75) is 31.2 Å². The molecular weight excluding hydrogens is 350 g/mol. The van der Waals surface area contributed by atoms with Gasteiger partial charge in [-0.2, -0.15) is 0 Å². The van der Waals surface area contributed by atoms with Crippen molar-refractivity contribution < 1.29 is 8.42 Å². The van der Waals surface area contributed by atoms with Gasteiger partial charge in [0.1, 0.15) is 0 Å². The lowest BCUT2D eigenvalue weighted by Crippen LogP contribution is -2.29. The van der Waals surface area contributed by atoms with Crippen LogP contribution < -0.4 is 5.69 Å². The Labute approximate surface area is 152 Å². The molecule has 1 aliphatic rings. The van der Waals surface area contributed by atoms with Crippen LogP contribution in [0.15, 0.2) is 53.3 Å². The molecule has 1 saturated carbocycles. The first-order valence-electron chi connectivity index (χ1n) is 8.65. The summed E-state index contributed by atoms with van der Waals surface area (Å²) in [6, 6.07) is 15.3. The number of fused-ring (bicyclic) bond motifs is 1. The van der Waals surface area contributed by atoms with Crippen LogP contribution in [0.5, 0.6) is 0 Å². The first-order chi connectivity index (χ1) is 12.4. The maximum atomic E-state index is 12.2. The molecule has 136 valence electrons. The average molecular weight is 371 g/mol. The van der Waals surface area contributed by atoms with E-state index in [-0.39, 0.29) is 10.9 Å². The van der Waals surface area contributed by atoms with Crippen LogP contribution in [0.1, 0.15) is 24.0 Å². The lowest BCUT2D eigenvalue weighted by molar-refractivity contribution is 0.465. The first kappa shape index (κ1) is 17.1. The van der Waals surface area contributed by atoms with Gasteiger partial charge in [0.05, 0.1) is 22.8 Å². The summed E-state index contributed by atoms with van der Waals surface area (Å²) in [4.78, 5) is 15.0. The normalized spacial score (nSPS) is 15.0. The van der Waals surface area contributed by atoms with Crippen LogP contribution in [0.2, 0.25) is 0 Å². The second kappa shape index (κ2) is 6.41. The number of imidazole rings is 1. The lowest BCUT2D eigenvalue weighted by atomic mass is 10.1. The monoisotopic (exact) mass is 371 g/mol. The molecular formula is C19H21N3O3S. The van der Waals surface area contributed by atoms with Crippen LogP contribution >= 0.6 is 0 Å². The number of hydrogen-bond acceptors (Lipinski definition) is 3. The van der Waals surface area contributed by atoms with Gasteiger partial charge in [0, 0.05) is 13.6 Å². The molecule has 0 aliphatic heterocycles. The molecule has 1 aliphatic carbocycles. The van der Waals surface area contributed by atoms with E-state index in [9.17, 15) is 13.2 Å². The van der Waals surface area contributed by atoms with Crippen molar-refractivity contribution >= 4 is 21.1 Å². The van der Waals surface area contributed by atoms with Crippen LogP contribution in [0, 0.1) is 0 Å². The number of aromatic amines is 1. The smallest absolute Gasteiger partial charge is 0.306 e. The predicted octanol–water partition coefficient (Wildman–Crippen LogP) is 2.30. The molecule has 1 N–H and O–H groups in total. The molecule has 7 heteroatoms. The Hall–Kier alpha value is -2.38. The van der Waals surface area contributed by atoms with E-state index in [1.54, 1.807) is 11.6 Å². The fraction of sp³-hybridized carbons (Fsp3) is 0.316. The molecule has 0 unspecified atom stereocenters. The number of H-pyrrole nitrogens is 1. The predicted molar refractivity (Wildman–Crippen MR) is 102 cm³/mol. The topological polar surface area (TPSA) is 75.2 Å². The number of nitrogens with zero attached hydrogens (tertiary/aromatic N) is 2. The van der Waals surface area contributed by atoms with Gasteiger partial charge in [0.25, 0.3) is 0 Å². The molecule has 0 spiro atoms. The molecule has 1 aromatic heterocycles. The van der Waals surface area contributed by atoms with Crippen LogP contribution in [0.4, 0.5) is 0 Å². The number of hydrogen-bond donors (Lipinski definition) is 1. The van der Waals surface area contributed by atoms with Crippen molar-refractivity contribution in [1.29, 1.82) is 0 Å². The summed E-state index contributed by atoms with van der Waals surface area (Å²) in [5, 5.41) is -0.194. The largest absolute Gasteiger partial charge is 0.326 e. The molecule has 0 radical (unpaired) electrons. The molecule has 1 fully saturated rings. The molecule has 26 heavy (non-hydrogen) atoms. The SMILES string of the molecule is CN(Cc1ccc(Cn2c(=O)[nH]c3ccccc32)cc1)S(=O)(=O)C1CC1. The quantitative estimate of drug-likeness (QED) is 0.722. The maximum absolute atomic E-state index is 12.2. The minimum Gasteiger partial charge on any atom is -0.306 e. The number of sulfonamides is 1. The fourth-order valence-electron chi connectivity index (χ4n) is 3.16. The van der Waals surface area contributed by atoms with Gasteiger partial charge in [-0.25, -0.2) is 17.5 Å². The van der Waals surface area contributed by atoms with Crippen LogP contribution in [-0.4, -0.2) is 34.6 Å². The summed E-state index contributed by atoms with van der Waals surface area (Å²) in [7, 11) is -1.53. The molecule has 0 amide bonds. The Kier molecular flexibility index (Phi) is 4.20. The number of nitrogens with one attached hydrogen (secondary N) is 1. The fourth-order valence-corrected chi connectivity index (χ4v) is 4.73.